The predicted octanol–water partition coefficient (Wildman–Crippen LogP) is -0.119. The van der Waals surface area contributed by atoms with Crippen LogP contribution in [0.15, 0.2) is 0 Å². The first-order valence-electron chi connectivity index (χ1n) is 5.97. The first-order valence-corrected chi connectivity index (χ1v) is 7.45. The SMILES string of the molecule is CCC1C(=O)NC(C)C(=O)N1CCS(=O)CC. The van der Waals surface area contributed by atoms with Gasteiger partial charge in [-0.1, -0.05) is 13.8 Å². The Balaban J connectivity index is 2.72. The molecule has 1 heterocycles. The van der Waals surface area contributed by atoms with Crippen molar-refractivity contribution in [3.63, 3.8) is 0 Å². The van der Waals surface area contributed by atoms with Gasteiger partial charge in [-0.25, -0.2) is 0 Å². The van der Waals surface area contributed by atoms with Crippen molar-refractivity contribution in [3.8, 4) is 0 Å². The Hall–Kier alpha value is -0.910. The Morgan fingerprint density at radius 1 is 1.35 bits per heavy atom. The van der Waals surface area contributed by atoms with E-state index in [2.05, 4.69) is 5.32 Å². The lowest BCUT2D eigenvalue weighted by Crippen LogP contribution is -2.62. The second-order valence-electron chi connectivity index (χ2n) is 4.12. The largest absolute Gasteiger partial charge is 0.343 e. The number of hydrogen-bond acceptors (Lipinski definition) is 3. The molecule has 1 aliphatic heterocycles. The first kappa shape index (κ1) is 14.2. The van der Waals surface area contributed by atoms with Gasteiger partial charge in [0, 0.05) is 28.9 Å². The maximum absolute atomic E-state index is 12.0. The van der Waals surface area contributed by atoms with Gasteiger partial charge in [-0.05, 0) is 13.3 Å². The summed E-state index contributed by atoms with van der Waals surface area (Å²) < 4.78 is 11.4. The average Bonchev–Trinajstić information content (AvgIpc) is 2.31. The maximum atomic E-state index is 12.0. The van der Waals surface area contributed by atoms with Crippen LogP contribution in [-0.2, 0) is 20.4 Å². The molecule has 1 saturated heterocycles. The van der Waals surface area contributed by atoms with Crippen molar-refractivity contribution in [1.29, 1.82) is 0 Å². The van der Waals surface area contributed by atoms with E-state index in [9.17, 15) is 13.8 Å². The molecule has 1 N–H and O–H groups in total. The molecule has 0 aromatic heterocycles. The monoisotopic (exact) mass is 260 g/mol. The van der Waals surface area contributed by atoms with Gasteiger partial charge in [-0.15, -0.1) is 0 Å². The molecule has 1 rings (SSSR count). The lowest BCUT2D eigenvalue weighted by atomic mass is 10.1. The third kappa shape index (κ3) is 3.28. The van der Waals surface area contributed by atoms with Crippen molar-refractivity contribution in [2.24, 2.45) is 0 Å². The number of piperazine rings is 1. The summed E-state index contributed by atoms with van der Waals surface area (Å²) in [6, 6.07) is -0.882. The van der Waals surface area contributed by atoms with Crippen LogP contribution in [0, 0.1) is 0 Å². The first-order chi connectivity index (χ1) is 8.01. The number of rotatable bonds is 5. The molecular formula is C11H20N2O3S. The molecule has 0 bridgehead atoms. The zero-order chi connectivity index (χ0) is 13.0. The zero-order valence-electron chi connectivity index (χ0n) is 10.6. The molecule has 0 radical (unpaired) electrons. The molecule has 0 spiro atoms. The van der Waals surface area contributed by atoms with Gasteiger partial charge in [-0.2, -0.15) is 0 Å². The van der Waals surface area contributed by atoms with Gasteiger partial charge in [0.25, 0.3) is 0 Å². The van der Waals surface area contributed by atoms with Gasteiger partial charge < -0.3 is 10.2 Å². The van der Waals surface area contributed by atoms with Crippen LogP contribution in [0.1, 0.15) is 27.2 Å². The number of hydrogen-bond donors (Lipinski definition) is 1. The van der Waals surface area contributed by atoms with Crippen LogP contribution in [0.4, 0.5) is 0 Å². The molecular weight excluding hydrogens is 240 g/mol. The summed E-state index contributed by atoms with van der Waals surface area (Å²) in [5.41, 5.74) is 0. The van der Waals surface area contributed by atoms with E-state index < -0.39 is 22.9 Å². The highest BCUT2D eigenvalue weighted by atomic mass is 32.2. The molecule has 0 aromatic carbocycles. The third-order valence-corrected chi connectivity index (χ3v) is 4.24. The standard InChI is InChI=1S/C11H20N2O3S/c1-4-9-10(14)12-8(3)11(15)13(9)6-7-17(16)5-2/h8-9H,4-7H2,1-3H3,(H,12,14). The van der Waals surface area contributed by atoms with E-state index in [1.807, 2.05) is 13.8 Å². The summed E-state index contributed by atoms with van der Waals surface area (Å²) in [6.45, 7) is 5.80. The average molecular weight is 260 g/mol. The van der Waals surface area contributed by atoms with E-state index in [1.165, 1.54) is 0 Å². The fraction of sp³-hybridized carbons (Fsp3) is 0.818. The predicted molar refractivity (Wildman–Crippen MR) is 66.9 cm³/mol. The Morgan fingerprint density at radius 2 is 2.00 bits per heavy atom. The highest BCUT2D eigenvalue weighted by molar-refractivity contribution is 7.84. The highest BCUT2D eigenvalue weighted by Gasteiger charge is 2.37. The quantitative estimate of drug-likeness (QED) is 0.749. The third-order valence-electron chi connectivity index (χ3n) is 2.96. The molecule has 0 aliphatic carbocycles. The van der Waals surface area contributed by atoms with Crippen molar-refractivity contribution in [3.05, 3.63) is 0 Å². The Morgan fingerprint density at radius 3 is 2.53 bits per heavy atom. The van der Waals surface area contributed by atoms with Crippen LogP contribution in [0.5, 0.6) is 0 Å². The summed E-state index contributed by atoms with van der Waals surface area (Å²) in [5.74, 6) is 0.839. The van der Waals surface area contributed by atoms with Crippen LogP contribution in [0.2, 0.25) is 0 Å². The molecule has 0 saturated carbocycles. The van der Waals surface area contributed by atoms with E-state index in [1.54, 1.807) is 11.8 Å². The minimum absolute atomic E-state index is 0.0791. The van der Waals surface area contributed by atoms with E-state index in [4.69, 9.17) is 0 Å². The number of nitrogens with one attached hydrogen (secondary N) is 1. The minimum Gasteiger partial charge on any atom is -0.343 e. The van der Waals surface area contributed by atoms with Gasteiger partial charge in [0.1, 0.15) is 12.1 Å². The van der Waals surface area contributed by atoms with Crippen molar-refractivity contribution in [2.75, 3.05) is 18.1 Å². The molecule has 6 heteroatoms. The minimum atomic E-state index is -0.909. The van der Waals surface area contributed by atoms with Crippen molar-refractivity contribution in [2.45, 2.75) is 39.3 Å². The van der Waals surface area contributed by atoms with Crippen LogP contribution >= 0.6 is 0 Å². The summed E-state index contributed by atoms with van der Waals surface area (Å²) in [5, 5.41) is 2.66. The molecule has 5 nitrogen and oxygen atoms in total. The van der Waals surface area contributed by atoms with Gasteiger partial charge in [-0.3, -0.25) is 13.8 Å². The molecule has 98 valence electrons. The number of carbonyl (C=O) groups is 2. The Labute approximate surface area is 104 Å². The summed E-state index contributed by atoms with van der Waals surface area (Å²) in [4.78, 5) is 25.2. The number of carbonyl (C=O) groups excluding carboxylic acids is 2. The summed E-state index contributed by atoms with van der Waals surface area (Å²) in [7, 11) is -0.909. The topological polar surface area (TPSA) is 66.5 Å². The molecule has 3 unspecified atom stereocenters. The van der Waals surface area contributed by atoms with Crippen LogP contribution in [0.25, 0.3) is 0 Å². The van der Waals surface area contributed by atoms with E-state index in [0.29, 0.717) is 24.5 Å². The molecule has 0 aromatic rings. The van der Waals surface area contributed by atoms with E-state index >= 15 is 0 Å². The molecule has 1 aliphatic rings. The van der Waals surface area contributed by atoms with Gasteiger partial charge in [0.2, 0.25) is 11.8 Å². The lowest BCUT2D eigenvalue weighted by Gasteiger charge is -2.37. The van der Waals surface area contributed by atoms with Crippen molar-refractivity contribution >= 4 is 22.6 Å². The lowest BCUT2D eigenvalue weighted by molar-refractivity contribution is -0.148. The summed E-state index contributed by atoms with van der Waals surface area (Å²) in [6.07, 6.45) is 0.586. The normalized spacial score (nSPS) is 26.9. The smallest absolute Gasteiger partial charge is 0.245 e. The van der Waals surface area contributed by atoms with E-state index in [0.717, 1.165) is 0 Å². The fourth-order valence-electron chi connectivity index (χ4n) is 1.93. The van der Waals surface area contributed by atoms with Crippen LogP contribution in [-0.4, -0.2) is 51.1 Å². The van der Waals surface area contributed by atoms with Crippen molar-refractivity contribution in [1.82, 2.24) is 10.2 Å². The fourth-order valence-corrected chi connectivity index (χ4v) is 2.62. The van der Waals surface area contributed by atoms with Crippen molar-refractivity contribution < 1.29 is 13.8 Å². The number of nitrogens with zero attached hydrogens (tertiary/aromatic N) is 1. The van der Waals surface area contributed by atoms with Gasteiger partial charge in [0.15, 0.2) is 0 Å². The second-order valence-corrected chi connectivity index (χ2v) is 5.98. The Bertz CT molecular complexity index is 333. The van der Waals surface area contributed by atoms with Crippen LogP contribution < -0.4 is 5.32 Å². The zero-order valence-corrected chi connectivity index (χ0v) is 11.4. The van der Waals surface area contributed by atoms with E-state index in [-0.39, 0.29) is 11.8 Å². The highest BCUT2D eigenvalue weighted by Crippen LogP contribution is 2.12. The maximum Gasteiger partial charge on any atom is 0.245 e. The molecule has 3 atom stereocenters. The van der Waals surface area contributed by atoms with Gasteiger partial charge in [0.05, 0.1) is 0 Å². The molecule has 1 fully saturated rings. The molecule has 2 amide bonds. The Kier molecular flexibility index (Phi) is 5.11. The molecule has 17 heavy (non-hydrogen) atoms. The summed E-state index contributed by atoms with van der Waals surface area (Å²) >= 11 is 0. The number of amides is 2. The van der Waals surface area contributed by atoms with Gasteiger partial charge >= 0.3 is 0 Å². The second kappa shape index (κ2) is 6.14. The van der Waals surface area contributed by atoms with Crippen LogP contribution in [0.3, 0.4) is 0 Å².